The van der Waals surface area contributed by atoms with Gasteiger partial charge in [-0.05, 0) is 105 Å². The SMILES string of the molecule is CCc1ccc2c(c1)NCCN(C(=O)c1ccc(C)c3c1CC=C(C)CC3)CCCc1cccn1-2. The average molecular weight is 468 g/mol. The Morgan fingerprint density at radius 2 is 1.89 bits per heavy atom. The number of hydrogen-bond acceptors (Lipinski definition) is 2. The molecule has 1 aliphatic heterocycles. The second-order valence-electron chi connectivity index (χ2n) is 10.0. The summed E-state index contributed by atoms with van der Waals surface area (Å²) in [5, 5.41) is 3.67. The highest BCUT2D eigenvalue weighted by atomic mass is 16.2. The van der Waals surface area contributed by atoms with Crippen molar-refractivity contribution in [3.8, 4) is 5.69 Å². The molecule has 2 aliphatic rings. The third-order valence-corrected chi connectivity index (χ3v) is 7.73. The highest BCUT2D eigenvalue weighted by Crippen LogP contribution is 2.29. The van der Waals surface area contributed by atoms with E-state index in [9.17, 15) is 4.79 Å². The molecule has 5 rings (SSSR count). The second-order valence-corrected chi connectivity index (χ2v) is 10.0. The summed E-state index contributed by atoms with van der Waals surface area (Å²) < 4.78 is 2.30. The van der Waals surface area contributed by atoms with E-state index in [4.69, 9.17) is 0 Å². The molecular formula is C31H37N3O. The molecule has 2 heterocycles. The van der Waals surface area contributed by atoms with Crippen LogP contribution >= 0.6 is 0 Å². The van der Waals surface area contributed by atoms with Crippen LogP contribution < -0.4 is 5.32 Å². The Morgan fingerprint density at radius 3 is 2.74 bits per heavy atom. The molecule has 0 bridgehead atoms. The molecule has 4 nitrogen and oxygen atoms in total. The van der Waals surface area contributed by atoms with Crippen molar-refractivity contribution in [2.24, 2.45) is 0 Å². The van der Waals surface area contributed by atoms with E-state index in [0.717, 1.165) is 62.9 Å². The van der Waals surface area contributed by atoms with E-state index >= 15 is 0 Å². The Hall–Kier alpha value is -3.27. The van der Waals surface area contributed by atoms with Crippen LogP contribution in [0, 0.1) is 6.92 Å². The molecule has 3 aromatic rings. The summed E-state index contributed by atoms with van der Waals surface area (Å²) in [5.74, 6) is 0.174. The standard InChI is InChI=1S/C31H37N3O/c1-4-24-12-16-30-29(21-24)32-17-20-33(18-5-7-25-8-6-19-34(25)30)31(35)28-15-11-23(3)26-13-9-22(2)10-14-27(26)28/h6,8,10-12,15-16,19,21,32H,4-5,7,9,13-14,17-18,20H2,1-3H3. The van der Waals surface area contributed by atoms with Crippen molar-refractivity contribution in [1.82, 2.24) is 9.47 Å². The Balaban J connectivity index is 1.45. The van der Waals surface area contributed by atoms with Crippen molar-refractivity contribution in [3.05, 3.63) is 93.8 Å². The number of aromatic nitrogens is 1. The van der Waals surface area contributed by atoms with Crippen LogP contribution in [-0.2, 0) is 25.7 Å². The fourth-order valence-corrected chi connectivity index (χ4v) is 5.56. The number of rotatable bonds is 2. The van der Waals surface area contributed by atoms with Crippen LogP contribution in [0.5, 0.6) is 0 Å². The number of benzene rings is 2. The van der Waals surface area contributed by atoms with Gasteiger partial charge in [-0.3, -0.25) is 4.79 Å². The van der Waals surface area contributed by atoms with Crippen LogP contribution in [0.15, 0.2) is 60.3 Å². The summed E-state index contributed by atoms with van der Waals surface area (Å²) in [6.45, 7) is 8.77. The first-order valence-corrected chi connectivity index (χ1v) is 13.1. The predicted octanol–water partition coefficient (Wildman–Crippen LogP) is 6.28. The quantitative estimate of drug-likeness (QED) is 0.450. The van der Waals surface area contributed by atoms with E-state index < -0.39 is 0 Å². The van der Waals surface area contributed by atoms with Gasteiger partial charge in [-0.15, -0.1) is 0 Å². The lowest BCUT2D eigenvalue weighted by atomic mass is 9.92. The summed E-state index contributed by atoms with van der Waals surface area (Å²) in [4.78, 5) is 16.0. The Bertz CT molecular complexity index is 1270. The molecule has 2 aromatic carbocycles. The van der Waals surface area contributed by atoms with Crippen molar-refractivity contribution in [1.29, 1.82) is 0 Å². The van der Waals surface area contributed by atoms with E-state index in [1.807, 2.05) is 0 Å². The fraction of sp³-hybridized carbons (Fsp3) is 0.387. The lowest BCUT2D eigenvalue weighted by Gasteiger charge is -2.25. The van der Waals surface area contributed by atoms with Crippen LogP contribution in [-0.4, -0.2) is 35.0 Å². The molecule has 0 radical (unpaired) electrons. The number of carbonyl (C=O) groups is 1. The number of hydrogen-bond donors (Lipinski definition) is 1. The zero-order chi connectivity index (χ0) is 24.4. The molecule has 4 heteroatoms. The third-order valence-electron chi connectivity index (χ3n) is 7.73. The first-order valence-electron chi connectivity index (χ1n) is 13.1. The van der Waals surface area contributed by atoms with Gasteiger partial charge in [0.2, 0.25) is 0 Å². The second kappa shape index (κ2) is 10.2. The fourth-order valence-electron chi connectivity index (χ4n) is 5.56. The number of amides is 1. The summed E-state index contributed by atoms with van der Waals surface area (Å²) in [6.07, 6.45) is 10.3. The Kier molecular flexibility index (Phi) is 6.81. The summed E-state index contributed by atoms with van der Waals surface area (Å²) in [7, 11) is 0. The van der Waals surface area contributed by atoms with Gasteiger partial charge in [-0.2, -0.15) is 0 Å². The molecular weight excluding hydrogens is 430 g/mol. The number of fused-ring (bicyclic) bond motifs is 4. The molecule has 0 saturated heterocycles. The van der Waals surface area contributed by atoms with Gasteiger partial charge in [0.1, 0.15) is 0 Å². The van der Waals surface area contributed by atoms with Crippen molar-refractivity contribution >= 4 is 11.6 Å². The number of nitrogens with zero attached hydrogens (tertiary/aromatic N) is 2. The molecule has 1 aliphatic carbocycles. The van der Waals surface area contributed by atoms with Gasteiger partial charge in [-0.25, -0.2) is 0 Å². The molecule has 0 spiro atoms. The molecule has 1 amide bonds. The van der Waals surface area contributed by atoms with Crippen LogP contribution in [0.1, 0.15) is 65.0 Å². The molecule has 0 unspecified atom stereocenters. The van der Waals surface area contributed by atoms with Gasteiger partial charge in [0.15, 0.2) is 0 Å². The maximum Gasteiger partial charge on any atom is 0.254 e. The largest absolute Gasteiger partial charge is 0.382 e. The molecule has 0 saturated carbocycles. The van der Waals surface area contributed by atoms with Crippen LogP contribution in [0.3, 0.4) is 0 Å². The number of nitrogens with one attached hydrogen (secondary N) is 1. The number of aryl methyl sites for hydroxylation is 3. The number of carbonyl (C=O) groups excluding carboxylic acids is 1. The van der Waals surface area contributed by atoms with Crippen molar-refractivity contribution in [3.63, 3.8) is 0 Å². The van der Waals surface area contributed by atoms with Crippen LogP contribution in [0.25, 0.3) is 5.69 Å². The molecule has 0 fully saturated rings. The van der Waals surface area contributed by atoms with Gasteiger partial charge in [0.25, 0.3) is 5.91 Å². The average Bonchev–Trinajstić information content (AvgIpc) is 3.22. The Labute approximate surface area is 209 Å². The topological polar surface area (TPSA) is 37.3 Å². The van der Waals surface area contributed by atoms with Crippen LogP contribution in [0.4, 0.5) is 5.69 Å². The predicted molar refractivity (Wildman–Crippen MR) is 145 cm³/mol. The maximum atomic E-state index is 13.9. The molecule has 35 heavy (non-hydrogen) atoms. The van der Waals surface area contributed by atoms with Crippen molar-refractivity contribution < 1.29 is 4.79 Å². The lowest BCUT2D eigenvalue weighted by Crippen LogP contribution is -2.36. The molecule has 1 aromatic heterocycles. The first kappa shape index (κ1) is 23.5. The maximum absolute atomic E-state index is 13.9. The van der Waals surface area contributed by atoms with Gasteiger partial charge >= 0.3 is 0 Å². The van der Waals surface area contributed by atoms with Gasteiger partial charge in [0.05, 0.1) is 11.4 Å². The van der Waals surface area contributed by atoms with Crippen molar-refractivity contribution in [2.45, 2.75) is 59.3 Å². The van der Waals surface area contributed by atoms with Gasteiger partial charge < -0.3 is 14.8 Å². The third kappa shape index (κ3) is 4.80. The summed E-state index contributed by atoms with van der Waals surface area (Å²) in [5.41, 5.74) is 11.2. The first-order chi connectivity index (χ1) is 17.0. The minimum Gasteiger partial charge on any atom is -0.382 e. The van der Waals surface area contributed by atoms with E-state index in [1.54, 1.807) is 0 Å². The molecule has 182 valence electrons. The lowest BCUT2D eigenvalue weighted by molar-refractivity contribution is 0.0759. The van der Waals surface area contributed by atoms with Crippen LogP contribution in [0.2, 0.25) is 0 Å². The molecule has 0 atom stereocenters. The number of allylic oxidation sites excluding steroid dienone is 2. The minimum atomic E-state index is 0.174. The molecule has 1 N–H and O–H groups in total. The number of anilines is 1. The van der Waals surface area contributed by atoms with E-state index in [-0.39, 0.29) is 5.91 Å². The summed E-state index contributed by atoms with van der Waals surface area (Å²) >= 11 is 0. The van der Waals surface area contributed by atoms with E-state index in [0.29, 0.717) is 6.54 Å². The smallest absolute Gasteiger partial charge is 0.254 e. The monoisotopic (exact) mass is 467 g/mol. The van der Waals surface area contributed by atoms with Gasteiger partial charge in [0, 0.05) is 37.1 Å². The Morgan fingerprint density at radius 1 is 1.00 bits per heavy atom. The highest BCUT2D eigenvalue weighted by Gasteiger charge is 2.23. The van der Waals surface area contributed by atoms with Gasteiger partial charge in [-0.1, -0.05) is 30.7 Å². The zero-order valence-electron chi connectivity index (χ0n) is 21.4. The highest BCUT2D eigenvalue weighted by molar-refractivity contribution is 5.96. The zero-order valence-corrected chi connectivity index (χ0v) is 21.4. The normalized spacial score (nSPS) is 16.1. The summed E-state index contributed by atoms with van der Waals surface area (Å²) in [6, 6.07) is 15.2. The minimum absolute atomic E-state index is 0.174. The van der Waals surface area contributed by atoms with E-state index in [2.05, 4.69) is 90.3 Å². The van der Waals surface area contributed by atoms with Crippen molar-refractivity contribution in [2.75, 3.05) is 25.0 Å². The van der Waals surface area contributed by atoms with E-state index in [1.165, 1.54) is 39.2 Å².